The van der Waals surface area contributed by atoms with E-state index in [9.17, 15) is 4.79 Å². The monoisotopic (exact) mass is 270 g/mol. The van der Waals surface area contributed by atoms with Gasteiger partial charge in [-0.05, 0) is 24.6 Å². The fourth-order valence-corrected chi connectivity index (χ4v) is 1.29. The van der Waals surface area contributed by atoms with Gasteiger partial charge in [-0.2, -0.15) is 5.10 Å². The third kappa shape index (κ3) is 4.63. The Balaban J connectivity index is 2.44. The van der Waals surface area contributed by atoms with Crippen LogP contribution in [0.4, 0.5) is 0 Å². The Kier molecular flexibility index (Phi) is 6.00. The second kappa shape index (κ2) is 7.55. The molecule has 98 valence electrons. The molecule has 18 heavy (non-hydrogen) atoms. The number of carbonyl (C=O) groups excluding carboxylic acids is 1. The summed E-state index contributed by atoms with van der Waals surface area (Å²) in [5, 5.41) is 3.49. The van der Waals surface area contributed by atoms with E-state index in [0.717, 1.165) is 11.3 Å². The van der Waals surface area contributed by atoms with Crippen LogP contribution in [0.15, 0.2) is 29.4 Å². The number of carbonyl (C=O) groups is 1. The Morgan fingerprint density at radius 2 is 2.06 bits per heavy atom. The van der Waals surface area contributed by atoms with E-state index in [4.69, 9.17) is 16.3 Å². The fraction of sp³-hybridized carbons (Fsp3) is 0.333. The van der Waals surface area contributed by atoms with E-state index < -0.39 is 5.97 Å². The summed E-state index contributed by atoms with van der Waals surface area (Å²) in [6.07, 6.45) is 0. The van der Waals surface area contributed by atoms with E-state index in [-0.39, 0.29) is 11.8 Å². The zero-order chi connectivity index (χ0) is 13.4. The molecule has 0 radical (unpaired) electrons. The highest BCUT2D eigenvalue weighted by atomic mass is 35.5. The largest absolute Gasteiger partial charge is 0.497 e. The first-order valence-electron chi connectivity index (χ1n) is 5.43. The third-order valence-electron chi connectivity index (χ3n) is 2.06. The van der Waals surface area contributed by atoms with E-state index in [2.05, 4.69) is 15.3 Å². The van der Waals surface area contributed by atoms with Crippen LogP contribution >= 0.6 is 11.6 Å². The van der Waals surface area contributed by atoms with Gasteiger partial charge in [-0.3, -0.25) is 0 Å². The lowest BCUT2D eigenvalue weighted by Crippen LogP contribution is -2.16. The molecule has 0 aromatic heterocycles. The van der Waals surface area contributed by atoms with Crippen molar-refractivity contribution in [2.24, 2.45) is 5.10 Å². The van der Waals surface area contributed by atoms with Crippen molar-refractivity contribution in [1.29, 1.82) is 0 Å². The first-order chi connectivity index (χ1) is 8.67. The maximum absolute atomic E-state index is 11.1. The number of methoxy groups -OCH3 is 1. The standard InChI is InChI=1S/C12H15ClN2O3/c1-3-18-12(16)11(13)15-14-8-9-4-6-10(17-2)7-5-9/h4-7,14H,3,8H2,1-2H3/b15-11-. The number of rotatable bonds is 6. The Morgan fingerprint density at radius 1 is 1.39 bits per heavy atom. The number of hydrogen-bond donors (Lipinski definition) is 1. The summed E-state index contributed by atoms with van der Waals surface area (Å²) >= 11 is 5.62. The molecule has 1 aromatic rings. The van der Waals surface area contributed by atoms with Crippen LogP contribution in [-0.4, -0.2) is 24.9 Å². The van der Waals surface area contributed by atoms with E-state index >= 15 is 0 Å². The summed E-state index contributed by atoms with van der Waals surface area (Å²) in [6, 6.07) is 7.46. The second-order valence-corrected chi connectivity index (χ2v) is 3.66. The molecule has 6 heteroatoms. The van der Waals surface area contributed by atoms with Gasteiger partial charge in [0, 0.05) is 0 Å². The van der Waals surface area contributed by atoms with E-state index in [1.165, 1.54) is 0 Å². The predicted molar refractivity (Wildman–Crippen MR) is 69.8 cm³/mol. The molecular formula is C12H15ClN2O3. The number of esters is 1. The molecule has 0 atom stereocenters. The summed E-state index contributed by atoms with van der Waals surface area (Å²) in [4.78, 5) is 11.1. The molecule has 0 spiro atoms. The molecule has 1 aromatic carbocycles. The minimum Gasteiger partial charge on any atom is -0.497 e. The Labute approximate surface area is 111 Å². The smallest absolute Gasteiger partial charge is 0.370 e. The lowest BCUT2D eigenvalue weighted by molar-refractivity contribution is -0.134. The fourth-order valence-electron chi connectivity index (χ4n) is 1.18. The first kappa shape index (κ1) is 14.3. The maximum atomic E-state index is 11.1. The average Bonchev–Trinajstić information content (AvgIpc) is 2.39. The number of ether oxygens (including phenoxy) is 2. The van der Waals surface area contributed by atoms with Crippen molar-refractivity contribution in [2.75, 3.05) is 13.7 Å². The molecule has 0 aliphatic rings. The topological polar surface area (TPSA) is 59.9 Å². The van der Waals surface area contributed by atoms with Gasteiger partial charge < -0.3 is 14.9 Å². The molecule has 0 saturated carbocycles. The highest BCUT2D eigenvalue weighted by Gasteiger charge is 2.08. The van der Waals surface area contributed by atoms with Crippen LogP contribution in [0.3, 0.4) is 0 Å². The van der Waals surface area contributed by atoms with Gasteiger partial charge in [0.05, 0.1) is 20.3 Å². The summed E-state index contributed by atoms with van der Waals surface area (Å²) in [7, 11) is 1.61. The number of hydrazone groups is 1. The lowest BCUT2D eigenvalue weighted by atomic mass is 10.2. The van der Waals surface area contributed by atoms with Crippen molar-refractivity contribution in [1.82, 2.24) is 5.43 Å². The maximum Gasteiger partial charge on any atom is 0.370 e. The Hall–Kier alpha value is -1.75. The normalized spacial score (nSPS) is 10.9. The van der Waals surface area contributed by atoms with Crippen LogP contribution in [0.1, 0.15) is 12.5 Å². The van der Waals surface area contributed by atoms with Crippen LogP contribution < -0.4 is 10.2 Å². The van der Waals surface area contributed by atoms with Crippen LogP contribution in [0, 0.1) is 0 Å². The molecular weight excluding hydrogens is 256 g/mol. The van der Waals surface area contributed by atoms with Gasteiger partial charge in [-0.15, -0.1) is 0 Å². The molecule has 1 N–H and O–H groups in total. The Bertz CT molecular complexity index is 418. The van der Waals surface area contributed by atoms with Gasteiger partial charge in [-0.25, -0.2) is 4.79 Å². The number of halogens is 1. The number of benzene rings is 1. The van der Waals surface area contributed by atoms with Gasteiger partial charge in [0.15, 0.2) is 0 Å². The third-order valence-corrected chi connectivity index (χ3v) is 2.30. The van der Waals surface area contributed by atoms with E-state index in [1.807, 2.05) is 24.3 Å². The summed E-state index contributed by atoms with van der Waals surface area (Å²) in [5.41, 5.74) is 3.69. The van der Waals surface area contributed by atoms with Gasteiger partial charge in [0.25, 0.3) is 0 Å². The molecule has 0 fully saturated rings. The van der Waals surface area contributed by atoms with Crippen molar-refractivity contribution in [3.63, 3.8) is 0 Å². The van der Waals surface area contributed by atoms with Gasteiger partial charge in [-0.1, -0.05) is 23.7 Å². The first-order valence-corrected chi connectivity index (χ1v) is 5.81. The summed E-state index contributed by atoms with van der Waals surface area (Å²) in [6.45, 7) is 2.43. The molecule has 0 unspecified atom stereocenters. The van der Waals surface area contributed by atoms with Crippen LogP contribution in [0.5, 0.6) is 5.75 Å². The predicted octanol–water partition coefficient (Wildman–Crippen LogP) is 1.90. The number of nitrogens with one attached hydrogen (secondary N) is 1. The second-order valence-electron chi connectivity index (χ2n) is 3.31. The van der Waals surface area contributed by atoms with Crippen molar-refractivity contribution < 1.29 is 14.3 Å². The molecule has 0 amide bonds. The van der Waals surface area contributed by atoms with Crippen molar-refractivity contribution in [2.45, 2.75) is 13.5 Å². The highest BCUT2D eigenvalue weighted by molar-refractivity contribution is 6.81. The minimum absolute atomic E-state index is 0.217. The van der Waals surface area contributed by atoms with Crippen LogP contribution in [0.25, 0.3) is 0 Å². The zero-order valence-electron chi connectivity index (χ0n) is 10.3. The minimum atomic E-state index is -0.638. The van der Waals surface area contributed by atoms with E-state index in [0.29, 0.717) is 6.54 Å². The quantitative estimate of drug-likeness (QED) is 0.487. The van der Waals surface area contributed by atoms with Crippen molar-refractivity contribution in [3.05, 3.63) is 29.8 Å². The Morgan fingerprint density at radius 3 is 2.61 bits per heavy atom. The number of hydrogen-bond acceptors (Lipinski definition) is 5. The van der Waals surface area contributed by atoms with Crippen molar-refractivity contribution in [3.8, 4) is 5.75 Å². The van der Waals surface area contributed by atoms with Gasteiger partial charge in [0.2, 0.25) is 5.17 Å². The SMILES string of the molecule is CCOC(=O)/C(Cl)=N/NCc1ccc(OC)cc1. The summed E-state index contributed by atoms with van der Waals surface area (Å²) < 4.78 is 9.72. The molecule has 0 saturated heterocycles. The summed E-state index contributed by atoms with van der Waals surface area (Å²) in [5.74, 6) is 0.146. The van der Waals surface area contributed by atoms with Crippen LogP contribution in [-0.2, 0) is 16.1 Å². The van der Waals surface area contributed by atoms with Gasteiger partial charge >= 0.3 is 5.97 Å². The molecule has 0 aliphatic carbocycles. The number of nitrogens with zero attached hydrogens (tertiary/aromatic N) is 1. The van der Waals surface area contributed by atoms with Crippen molar-refractivity contribution >= 4 is 22.7 Å². The average molecular weight is 271 g/mol. The van der Waals surface area contributed by atoms with E-state index in [1.54, 1.807) is 14.0 Å². The lowest BCUT2D eigenvalue weighted by Gasteiger charge is -2.04. The van der Waals surface area contributed by atoms with Crippen LogP contribution in [0.2, 0.25) is 0 Å². The molecule has 1 rings (SSSR count). The molecule has 0 aliphatic heterocycles. The molecule has 0 bridgehead atoms. The molecule has 0 heterocycles. The molecule has 5 nitrogen and oxygen atoms in total. The highest BCUT2D eigenvalue weighted by Crippen LogP contribution is 2.10. The van der Waals surface area contributed by atoms with Gasteiger partial charge in [0.1, 0.15) is 5.75 Å². The zero-order valence-corrected chi connectivity index (χ0v) is 11.0.